The summed E-state index contributed by atoms with van der Waals surface area (Å²) in [4.78, 5) is 17.3. The Bertz CT molecular complexity index is 519. The molecule has 1 amide bonds. The highest BCUT2D eigenvalue weighted by Gasteiger charge is 2.32. The molecule has 1 aliphatic rings. The number of nitrogens with zero attached hydrogens (tertiary/aromatic N) is 2. The number of likely N-dealkylation sites (tertiary alicyclic amines) is 1. The quantitative estimate of drug-likeness (QED) is 0.909. The average molecular weight is 315 g/mol. The summed E-state index contributed by atoms with van der Waals surface area (Å²) in [5.74, 6) is -0.139. The van der Waals surface area contributed by atoms with Gasteiger partial charge in [0.2, 0.25) is 5.91 Å². The van der Waals surface area contributed by atoms with Crippen molar-refractivity contribution in [2.24, 2.45) is 0 Å². The van der Waals surface area contributed by atoms with Gasteiger partial charge in [-0.3, -0.25) is 14.7 Å². The van der Waals surface area contributed by atoms with Crippen molar-refractivity contribution in [3.8, 4) is 0 Å². The summed E-state index contributed by atoms with van der Waals surface area (Å²) >= 11 is 0. The maximum atomic E-state index is 12.4. The smallest absolute Gasteiger partial charge is 0.351 e. The standard InChI is InChI=1S/C15H20F3N3O/c1-11(22)19-10-12-4-2-5-13(20-12)14-6-3-8-21(14)9-7-15(16,17)18/h2,4-5,14H,3,6-10H2,1H3,(H,19,22)/t14-/m0/s1. The molecule has 0 aliphatic carbocycles. The van der Waals surface area contributed by atoms with E-state index in [0.717, 1.165) is 24.2 Å². The number of hydrogen-bond acceptors (Lipinski definition) is 3. The first kappa shape index (κ1) is 16.7. The number of carbonyl (C=O) groups is 1. The number of hydrogen-bond donors (Lipinski definition) is 1. The van der Waals surface area contributed by atoms with Crippen LogP contribution in [0.5, 0.6) is 0 Å². The van der Waals surface area contributed by atoms with Gasteiger partial charge >= 0.3 is 6.18 Å². The highest BCUT2D eigenvalue weighted by molar-refractivity contribution is 5.72. The SMILES string of the molecule is CC(=O)NCc1cccc([C@@H]2CCCN2CCC(F)(F)F)n1. The third-order valence-electron chi connectivity index (χ3n) is 3.73. The van der Waals surface area contributed by atoms with E-state index in [0.29, 0.717) is 13.1 Å². The molecule has 4 nitrogen and oxygen atoms in total. The van der Waals surface area contributed by atoms with Crippen LogP contribution in [0.3, 0.4) is 0 Å². The Balaban J connectivity index is 2.02. The molecular formula is C15H20F3N3O. The number of pyridine rings is 1. The van der Waals surface area contributed by atoms with Crippen LogP contribution in [0, 0.1) is 0 Å². The average Bonchev–Trinajstić information content (AvgIpc) is 2.91. The van der Waals surface area contributed by atoms with E-state index in [2.05, 4.69) is 10.3 Å². The maximum Gasteiger partial charge on any atom is 0.390 e. The van der Waals surface area contributed by atoms with Crippen LogP contribution in [0.2, 0.25) is 0 Å². The molecule has 1 fully saturated rings. The summed E-state index contributed by atoms with van der Waals surface area (Å²) in [6.07, 6.45) is -3.24. The van der Waals surface area contributed by atoms with E-state index >= 15 is 0 Å². The van der Waals surface area contributed by atoms with E-state index in [-0.39, 0.29) is 18.5 Å². The van der Waals surface area contributed by atoms with Crippen molar-refractivity contribution in [1.29, 1.82) is 0 Å². The van der Waals surface area contributed by atoms with E-state index in [1.165, 1.54) is 6.92 Å². The minimum Gasteiger partial charge on any atom is -0.351 e. The lowest BCUT2D eigenvalue weighted by atomic mass is 10.1. The molecule has 0 bridgehead atoms. The normalized spacial score (nSPS) is 19.4. The molecule has 7 heteroatoms. The molecule has 1 aromatic heterocycles. The van der Waals surface area contributed by atoms with E-state index < -0.39 is 12.6 Å². The van der Waals surface area contributed by atoms with Gasteiger partial charge in [-0.05, 0) is 31.5 Å². The second-order valence-electron chi connectivity index (χ2n) is 5.52. The Morgan fingerprint density at radius 2 is 2.23 bits per heavy atom. The number of rotatable bonds is 5. The molecule has 0 radical (unpaired) electrons. The number of halogens is 3. The summed E-state index contributed by atoms with van der Waals surface area (Å²) in [6, 6.07) is 5.40. The lowest BCUT2D eigenvalue weighted by Crippen LogP contribution is -2.28. The molecule has 1 saturated heterocycles. The summed E-state index contributed by atoms with van der Waals surface area (Å²) in [6.45, 7) is 2.43. The molecule has 1 atom stereocenters. The Labute approximate surface area is 127 Å². The molecule has 122 valence electrons. The molecule has 22 heavy (non-hydrogen) atoms. The summed E-state index contributed by atoms with van der Waals surface area (Å²) < 4.78 is 37.2. The first-order chi connectivity index (χ1) is 10.3. The molecule has 0 spiro atoms. The van der Waals surface area contributed by atoms with Gasteiger partial charge in [0.1, 0.15) is 0 Å². The van der Waals surface area contributed by atoms with Crippen LogP contribution in [0.1, 0.15) is 43.6 Å². The summed E-state index contributed by atoms with van der Waals surface area (Å²) in [7, 11) is 0. The van der Waals surface area contributed by atoms with Gasteiger partial charge in [0.15, 0.2) is 0 Å². The van der Waals surface area contributed by atoms with Gasteiger partial charge in [0.25, 0.3) is 0 Å². The zero-order valence-electron chi connectivity index (χ0n) is 12.5. The minimum absolute atomic E-state index is 0.00572. The molecule has 1 N–H and O–H groups in total. The third kappa shape index (κ3) is 4.98. The molecule has 2 rings (SSSR count). The van der Waals surface area contributed by atoms with E-state index in [4.69, 9.17) is 0 Å². The number of alkyl halides is 3. The molecule has 1 aromatic rings. The van der Waals surface area contributed by atoms with Gasteiger partial charge in [-0.25, -0.2) is 0 Å². The van der Waals surface area contributed by atoms with E-state index in [1.807, 2.05) is 17.0 Å². The summed E-state index contributed by atoms with van der Waals surface area (Å²) in [5.41, 5.74) is 1.50. The van der Waals surface area contributed by atoms with Gasteiger partial charge in [0, 0.05) is 13.5 Å². The highest BCUT2D eigenvalue weighted by Crippen LogP contribution is 2.32. The molecule has 2 heterocycles. The second kappa shape index (κ2) is 7.09. The fraction of sp³-hybridized carbons (Fsp3) is 0.600. The summed E-state index contributed by atoms with van der Waals surface area (Å²) in [5, 5.41) is 2.67. The Morgan fingerprint density at radius 3 is 2.91 bits per heavy atom. The van der Waals surface area contributed by atoms with Crippen LogP contribution in [0.15, 0.2) is 18.2 Å². The van der Waals surface area contributed by atoms with Gasteiger partial charge in [-0.15, -0.1) is 0 Å². The van der Waals surface area contributed by atoms with Crippen LogP contribution in [0.25, 0.3) is 0 Å². The fourth-order valence-corrected chi connectivity index (χ4v) is 2.70. The van der Waals surface area contributed by atoms with Crippen molar-refractivity contribution in [3.63, 3.8) is 0 Å². The van der Waals surface area contributed by atoms with Crippen molar-refractivity contribution < 1.29 is 18.0 Å². The Kier molecular flexibility index (Phi) is 5.39. The second-order valence-corrected chi connectivity index (χ2v) is 5.52. The fourth-order valence-electron chi connectivity index (χ4n) is 2.70. The van der Waals surface area contributed by atoms with Crippen molar-refractivity contribution >= 4 is 5.91 Å². The van der Waals surface area contributed by atoms with Crippen LogP contribution >= 0.6 is 0 Å². The zero-order chi connectivity index (χ0) is 16.2. The van der Waals surface area contributed by atoms with Crippen LogP contribution in [0.4, 0.5) is 13.2 Å². The van der Waals surface area contributed by atoms with Crippen molar-refractivity contribution in [3.05, 3.63) is 29.6 Å². The van der Waals surface area contributed by atoms with Gasteiger partial charge in [0.05, 0.1) is 30.4 Å². The maximum absolute atomic E-state index is 12.4. The minimum atomic E-state index is -4.13. The Hall–Kier alpha value is -1.63. The van der Waals surface area contributed by atoms with Crippen LogP contribution < -0.4 is 5.32 Å². The third-order valence-corrected chi connectivity index (χ3v) is 3.73. The molecule has 0 aromatic carbocycles. The van der Waals surface area contributed by atoms with Gasteiger partial charge in [-0.2, -0.15) is 13.2 Å². The number of amides is 1. The van der Waals surface area contributed by atoms with Crippen molar-refractivity contribution in [1.82, 2.24) is 15.2 Å². The van der Waals surface area contributed by atoms with Crippen molar-refractivity contribution in [2.45, 2.75) is 44.9 Å². The predicted molar refractivity (Wildman–Crippen MR) is 76.0 cm³/mol. The lowest BCUT2D eigenvalue weighted by Gasteiger charge is -2.24. The zero-order valence-corrected chi connectivity index (χ0v) is 12.5. The monoisotopic (exact) mass is 315 g/mol. The van der Waals surface area contributed by atoms with E-state index in [9.17, 15) is 18.0 Å². The number of nitrogens with one attached hydrogen (secondary N) is 1. The molecule has 1 aliphatic heterocycles. The topological polar surface area (TPSA) is 45.2 Å². The van der Waals surface area contributed by atoms with Crippen LogP contribution in [-0.4, -0.2) is 35.1 Å². The van der Waals surface area contributed by atoms with Gasteiger partial charge < -0.3 is 5.32 Å². The molecule has 0 saturated carbocycles. The predicted octanol–water partition coefficient (Wildman–Crippen LogP) is 2.81. The molecule has 0 unspecified atom stereocenters. The van der Waals surface area contributed by atoms with Gasteiger partial charge in [-0.1, -0.05) is 6.07 Å². The Morgan fingerprint density at radius 1 is 1.45 bits per heavy atom. The molecular weight excluding hydrogens is 295 g/mol. The highest BCUT2D eigenvalue weighted by atomic mass is 19.4. The first-order valence-electron chi connectivity index (χ1n) is 7.36. The lowest BCUT2D eigenvalue weighted by molar-refractivity contribution is -0.138. The largest absolute Gasteiger partial charge is 0.390 e. The van der Waals surface area contributed by atoms with Crippen LogP contribution in [-0.2, 0) is 11.3 Å². The number of aromatic nitrogens is 1. The number of carbonyl (C=O) groups excluding carboxylic acids is 1. The van der Waals surface area contributed by atoms with E-state index in [1.54, 1.807) is 6.07 Å². The van der Waals surface area contributed by atoms with Crippen molar-refractivity contribution in [2.75, 3.05) is 13.1 Å². The first-order valence-corrected chi connectivity index (χ1v) is 7.36.